The van der Waals surface area contributed by atoms with Gasteiger partial charge in [-0.3, -0.25) is 4.79 Å². The summed E-state index contributed by atoms with van der Waals surface area (Å²) in [6.45, 7) is 3.95. The first-order valence-electron chi connectivity index (χ1n) is 11.4. The zero-order valence-electron chi connectivity index (χ0n) is 19.4. The summed E-state index contributed by atoms with van der Waals surface area (Å²) in [5.41, 5.74) is 3.36. The van der Waals surface area contributed by atoms with Crippen LogP contribution in [0, 0.1) is 0 Å². The summed E-state index contributed by atoms with van der Waals surface area (Å²) in [5, 5.41) is 3.57. The predicted octanol–water partition coefficient (Wildman–Crippen LogP) is 7.19. The lowest BCUT2D eigenvalue weighted by Gasteiger charge is -2.12. The van der Waals surface area contributed by atoms with Crippen molar-refractivity contribution >= 4 is 23.2 Å². The van der Waals surface area contributed by atoms with E-state index in [0.717, 1.165) is 29.8 Å². The van der Waals surface area contributed by atoms with Crippen molar-refractivity contribution in [3.05, 3.63) is 83.1 Å². The summed E-state index contributed by atoms with van der Waals surface area (Å²) >= 11 is 6.06. The molecule has 0 bridgehead atoms. The lowest BCUT2D eigenvalue weighted by atomic mass is 10.0. The summed E-state index contributed by atoms with van der Waals surface area (Å²) in [6, 6.07) is 16.1. The number of aromatic nitrogens is 2. The Morgan fingerprint density at radius 3 is 2.46 bits per heavy atom. The van der Waals surface area contributed by atoms with E-state index in [-0.39, 0.29) is 18.4 Å². The summed E-state index contributed by atoms with van der Waals surface area (Å²) in [4.78, 5) is 17.3. The van der Waals surface area contributed by atoms with Gasteiger partial charge in [0, 0.05) is 29.2 Å². The summed E-state index contributed by atoms with van der Waals surface area (Å²) < 4.78 is 41.6. The first-order chi connectivity index (χ1) is 16.7. The average molecular weight is 500 g/mol. The molecule has 0 spiro atoms. The molecule has 0 saturated carbocycles. The van der Waals surface area contributed by atoms with Gasteiger partial charge in [0.2, 0.25) is 5.91 Å². The van der Waals surface area contributed by atoms with Gasteiger partial charge in [-0.1, -0.05) is 42.8 Å². The molecule has 0 radical (unpaired) electrons. The van der Waals surface area contributed by atoms with Gasteiger partial charge in [-0.15, -0.1) is 0 Å². The number of carbonyl (C=O) groups is 1. The monoisotopic (exact) mass is 499 g/mol. The second-order valence-corrected chi connectivity index (χ2v) is 8.95. The number of rotatable bonds is 7. The standard InChI is InChI=1S/C27H25ClF3N3O/c1-3-17(2)32-25(35)14-12-23-26(18-7-10-22(28)11-8-18)33-24-13-9-20(16-34(23)24)19-5-4-6-21(15-19)27(29,30)31/h4-11,13,15-17H,3,12,14H2,1-2H3,(H,32,35). The minimum absolute atomic E-state index is 0.0645. The molecule has 1 N–H and O–H groups in total. The number of aryl methyl sites for hydroxylation is 1. The first kappa shape index (κ1) is 24.8. The van der Waals surface area contributed by atoms with Gasteiger partial charge in [-0.25, -0.2) is 4.98 Å². The molecule has 4 nitrogen and oxygen atoms in total. The zero-order chi connectivity index (χ0) is 25.2. The molecule has 1 atom stereocenters. The SMILES string of the molecule is CCC(C)NC(=O)CCc1c(-c2ccc(Cl)cc2)nc2ccc(-c3cccc(C(F)(F)F)c3)cn12. The molecule has 2 aromatic carbocycles. The largest absolute Gasteiger partial charge is 0.416 e. The van der Waals surface area contributed by atoms with Crippen molar-refractivity contribution in [3.63, 3.8) is 0 Å². The highest BCUT2D eigenvalue weighted by Gasteiger charge is 2.30. The van der Waals surface area contributed by atoms with Gasteiger partial charge in [0.1, 0.15) is 5.65 Å². The predicted molar refractivity (Wildman–Crippen MR) is 132 cm³/mol. The van der Waals surface area contributed by atoms with Crippen LogP contribution in [0.1, 0.15) is 37.9 Å². The third-order valence-electron chi connectivity index (χ3n) is 5.97. The normalized spacial score (nSPS) is 12.6. The molecule has 2 heterocycles. The van der Waals surface area contributed by atoms with Crippen molar-refractivity contribution in [1.29, 1.82) is 0 Å². The second kappa shape index (κ2) is 10.1. The Kier molecular flexibility index (Phi) is 7.17. The van der Waals surface area contributed by atoms with E-state index in [0.29, 0.717) is 33.9 Å². The Morgan fingerprint density at radius 1 is 1.06 bits per heavy atom. The van der Waals surface area contributed by atoms with Crippen molar-refractivity contribution < 1.29 is 18.0 Å². The van der Waals surface area contributed by atoms with Crippen LogP contribution in [0.5, 0.6) is 0 Å². The van der Waals surface area contributed by atoms with E-state index in [1.165, 1.54) is 6.07 Å². The number of alkyl halides is 3. The molecule has 2 aromatic heterocycles. The van der Waals surface area contributed by atoms with Crippen LogP contribution in [-0.4, -0.2) is 21.3 Å². The molecule has 1 unspecified atom stereocenters. The van der Waals surface area contributed by atoms with E-state index < -0.39 is 11.7 Å². The minimum Gasteiger partial charge on any atom is -0.354 e. The fourth-order valence-electron chi connectivity index (χ4n) is 3.90. The van der Waals surface area contributed by atoms with Gasteiger partial charge in [0.05, 0.1) is 17.0 Å². The Balaban J connectivity index is 1.77. The molecule has 35 heavy (non-hydrogen) atoms. The van der Waals surface area contributed by atoms with E-state index in [2.05, 4.69) is 5.32 Å². The van der Waals surface area contributed by atoms with Crippen LogP contribution in [-0.2, 0) is 17.4 Å². The quantitative estimate of drug-likeness (QED) is 0.292. The van der Waals surface area contributed by atoms with Gasteiger partial charge < -0.3 is 9.72 Å². The first-order valence-corrected chi connectivity index (χ1v) is 11.8. The van der Waals surface area contributed by atoms with Crippen molar-refractivity contribution in [2.24, 2.45) is 0 Å². The third-order valence-corrected chi connectivity index (χ3v) is 6.22. The van der Waals surface area contributed by atoms with Crippen LogP contribution in [0.3, 0.4) is 0 Å². The average Bonchev–Trinajstić information content (AvgIpc) is 3.20. The number of hydrogen-bond donors (Lipinski definition) is 1. The van der Waals surface area contributed by atoms with Crippen LogP contribution in [0.2, 0.25) is 5.02 Å². The number of nitrogens with zero attached hydrogens (tertiary/aromatic N) is 2. The maximum absolute atomic E-state index is 13.2. The fourth-order valence-corrected chi connectivity index (χ4v) is 4.02. The number of fused-ring (bicyclic) bond motifs is 1. The van der Waals surface area contributed by atoms with Crippen LogP contribution in [0.25, 0.3) is 28.0 Å². The Bertz CT molecular complexity index is 1350. The van der Waals surface area contributed by atoms with Crippen molar-refractivity contribution in [2.75, 3.05) is 0 Å². The van der Waals surface area contributed by atoms with Crippen LogP contribution >= 0.6 is 11.6 Å². The number of hydrogen-bond acceptors (Lipinski definition) is 2. The topological polar surface area (TPSA) is 46.4 Å². The van der Waals surface area contributed by atoms with E-state index in [4.69, 9.17) is 16.6 Å². The molecule has 8 heteroatoms. The number of nitrogens with one attached hydrogen (secondary N) is 1. The summed E-state index contributed by atoms with van der Waals surface area (Å²) in [6.07, 6.45) is -1.15. The second-order valence-electron chi connectivity index (χ2n) is 8.52. The highest BCUT2D eigenvalue weighted by Crippen LogP contribution is 2.33. The van der Waals surface area contributed by atoms with Crippen LogP contribution in [0.15, 0.2) is 66.9 Å². The van der Waals surface area contributed by atoms with E-state index in [1.54, 1.807) is 36.5 Å². The molecule has 1 amide bonds. The molecule has 0 saturated heterocycles. The molecular formula is C27H25ClF3N3O. The maximum Gasteiger partial charge on any atom is 0.416 e. The molecular weight excluding hydrogens is 475 g/mol. The molecule has 4 rings (SSSR count). The summed E-state index contributed by atoms with van der Waals surface area (Å²) in [5.74, 6) is -0.0645. The van der Waals surface area contributed by atoms with Crippen molar-refractivity contribution in [2.45, 2.75) is 45.3 Å². The minimum atomic E-state index is -4.43. The highest BCUT2D eigenvalue weighted by molar-refractivity contribution is 6.30. The molecule has 182 valence electrons. The number of pyridine rings is 1. The number of imidazole rings is 1. The van der Waals surface area contributed by atoms with E-state index in [9.17, 15) is 18.0 Å². The lowest BCUT2D eigenvalue weighted by Crippen LogP contribution is -2.32. The molecule has 0 aliphatic carbocycles. The molecule has 0 aliphatic rings. The van der Waals surface area contributed by atoms with E-state index >= 15 is 0 Å². The van der Waals surface area contributed by atoms with Gasteiger partial charge in [-0.05, 0) is 67.3 Å². The highest BCUT2D eigenvalue weighted by atomic mass is 35.5. The fraction of sp³-hybridized carbons (Fsp3) is 0.259. The number of amides is 1. The van der Waals surface area contributed by atoms with Crippen molar-refractivity contribution in [3.8, 4) is 22.4 Å². The number of benzene rings is 2. The van der Waals surface area contributed by atoms with Gasteiger partial charge in [-0.2, -0.15) is 13.2 Å². The van der Waals surface area contributed by atoms with Gasteiger partial charge >= 0.3 is 6.18 Å². The van der Waals surface area contributed by atoms with Crippen LogP contribution < -0.4 is 5.32 Å². The molecule has 0 fully saturated rings. The number of halogens is 4. The lowest BCUT2D eigenvalue weighted by molar-refractivity contribution is -0.137. The molecule has 0 aliphatic heterocycles. The van der Waals surface area contributed by atoms with Crippen LogP contribution in [0.4, 0.5) is 13.2 Å². The van der Waals surface area contributed by atoms with Crippen molar-refractivity contribution in [1.82, 2.24) is 14.7 Å². The molecule has 4 aromatic rings. The van der Waals surface area contributed by atoms with E-state index in [1.807, 2.05) is 30.4 Å². The summed E-state index contributed by atoms with van der Waals surface area (Å²) in [7, 11) is 0. The maximum atomic E-state index is 13.2. The smallest absolute Gasteiger partial charge is 0.354 e. The Morgan fingerprint density at radius 2 is 1.77 bits per heavy atom. The van der Waals surface area contributed by atoms with Gasteiger partial charge in [0.15, 0.2) is 0 Å². The zero-order valence-corrected chi connectivity index (χ0v) is 20.1. The number of carbonyl (C=O) groups excluding carboxylic acids is 1. The third kappa shape index (κ3) is 5.68. The van der Waals surface area contributed by atoms with Gasteiger partial charge in [0.25, 0.3) is 0 Å². The Labute approximate surface area is 206 Å². The Hall–Kier alpha value is -3.32.